The molecule has 2 aromatic heterocycles. The number of hydrogen-bond acceptors (Lipinski definition) is 6. The first-order valence-electron chi connectivity index (χ1n) is 11.3. The van der Waals surface area contributed by atoms with E-state index in [4.69, 9.17) is 10.5 Å². The van der Waals surface area contributed by atoms with Crippen LogP contribution in [0.5, 0.6) is 11.5 Å². The van der Waals surface area contributed by atoms with E-state index < -0.39 is 10.0 Å². The van der Waals surface area contributed by atoms with Gasteiger partial charge in [-0.3, -0.25) is 0 Å². The van der Waals surface area contributed by atoms with Gasteiger partial charge in [0, 0.05) is 23.5 Å². The number of nitrogens with zero attached hydrogens (tertiary/aromatic N) is 4. The van der Waals surface area contributed by atoms with Crippen LogP contribution < -0.4 is 10.5 Å². The first-order valence-corrected chi connectivity index (χ1v) is 12.8. The second kappa shape index (κ2) is 8.37. The molecule has 4 aromatic rings. The molecule has 0 atom stereocenters. The van der Waals surface area contributed by atoms with Crippen LogP contribution in [0.25, 0.3) is 16.7 Å². The molecule has 0 radical (unpaired) electrons. The van der Waals surface area contributed by atoms with E-state index in [2.05, 4.69) is 9.97 Å². The van der Waals surface area contributed by atoms with Crippen molar-refractivity contribution in [1.82, 2.24) is 18.8 Å². The van der Waals surface area contributed by atoms with Crippen molar-refractivity contribution < 1.29 is 13.2 Å². The zero-order chi connectivity index (χ0) is 24.0. The number of ether oxygens (including phenoxy) is 1. The van der Waals surface area contributed by atoms with Crippen molar-refractivity contribution in [2.75, 3.05) is 5.73 Å². The predicted octanol–water partition coefficient (Wildman–Crippen LogP) is 4.67. The van der Waals surface area contributed by atoms with E-state index >= 15 is 0 Å². The molecule has 2 aliphatic rings. The number of para-hydroxylation sites is 1. The van der Waals surface area contributed by atoms with E-state index in [0.717, 1.165) is 29.1 Å². The fourth-order valence-electron chi connectivity index (χ4n) is 4.68. The standard InChI is InChI=1S/C26H23N5O3S/c27-26-25-24(28-17-29-26)22-15-30(35(32,33)21-9-5-2-6-10-21)16-23(22)31(25)18-11-13-20(14-12-18)34-19-7-3-1-4-8-19/h1-5,7-9,11-14,17H,6,10,15-16H2,(H2,27,28,29). The molecule has 0 fully saturated rings. The van der Waals surface area contributed by atoms with Crippen LogP contribution in [-0.2, 0) is 23.1 Å². The lowest BCUT2D eigenvalue weighted by Crippen LogP contribution is -2.28. The molecule has 3 heterocycles. The molecule has 2 N–H and O–H groups in total. The highest BCUT2D eigenvalue weighted by Gasteiger charge is 2.37. The van der Waals surface area contributed by atoms with Gasteiger partial charge in [0.2, 0.25) is 10.0 Å². The number of hydrogen-bond donors (Lipinski definition) is 1. The predicted molar refractivity (Wildman–Crippen MR) is 134 cm³/mol. The van der Waals surface area contributed by atoms with Crippen molar-refractivity contribution in [2.45, 2.75) is 25.9 Å². The fourth-order valence-corrected chi connectivity index (χ4v) is 6.23. The highest BCUT2D eigenvalue weighted by Crippen LogP contribution is 2.39. The summed E-state index contributed by atoms with van der Waals surface area (Å²) >= 11 is 0. The lowest BCUT2D eigenvalue weighted by atomic mass is 10.2. The van der Waals surface area contributed by atoms with Crippen LogP contribution in [0.1, 0.15) is 24.1 Å². The minimum absolute atomic E-state index is 0.233. The minimum Gasteiger partial charge on any atom is -0.457 e. The largest absolute Gasteiger partial charge is 0.457 e. The Hall–Kier alpha value is -3.95. The second-order valence-electron chi connectivity index (χ2n) is 8.50. The number of allylic oxidation sites excluding steroid dienone is 4. The molecule has 0 saturated heterocycles. The van der Waals surface area contributed by atoms with Gasteiger partial charge in [-0.1, -0.05) is 30.4 Å². The third-order valence-electron chi connectivity index (χ3n) is 6.36. The number of benzene rings is 2. The Bertz CT molecular complexity index is 1590. The smallest absolute Gasteiger partial charge is 0.239 e. The Labute approximate surface area is 203 Å². The van der Waals surface area contributed by atoms with E-state index in [-0.39, 0.29) is 13.1 Å². The quantitative estimate of drug-likeness (QED) is 0.440. The third-order valence-corrected chi connectivity index (χ3v) is 8.30. The lowest BCUT2D eigenvalue weighted by Gasteiger charge is -2.20. The molecule has 0 amide bonds. The van der Waals surface area contributed by atoms with Gasteiger partial charge in [-0.15, -0.1) is 0 Å². The van der Waals surface area contributed by atoms with Gasteiger partial charge in [0.25, 0.3) is 0 Å². The summed E-state index contributed by atoms with van der Waals surface area (Å²) in [5, 5.41) is 0. The maximum Gasteiger partial charge on any atom is 0.239 e. The SMILES string of the molecule is Nc1ncnc2c3c(n(-c4ccc(Oc5ccccc5)cc4)c12)CN(S(=O)(=O)C1=CC=CCC1)C3. The van der Waals surface area contributed by atoms with Crippen molar-refractivity contribution >= 4 is 26.9 Å². The van der Waals surface area contributed by atoms with Crippen molar-refractivity contribution in [3.63, 3.8) is 0 Å². The van der Waals surface area contributed by atoms with Crippen LogP contribution in [0.4, 0.5) is 5.82 Å². The topological polar surface area (TPSA) is 103 Å². The van der Waals surface area contributed by atoms with Gasteiger partial charge in [-0.05, 0) is 55.3 Å². The number of nitrogens with two attached hydrogens (primary N) is 1. The van der Waals surface area contributed by atoms with E-state index in [9.17, 15) is 8.42 Å². The molecule has 0 saturated carbocycles. The van der Waals surface area contributed by atoms with Crippen molar-refractivity contribution in [3.8, 4) is 17.2 Å². The summed E-state index contributed by atoms with van der Waals surface area (Å²) in [6, 6.07) is 17.2. The summed E-state index contributed by atoms with van der Waals surface area (Å²) in [7, 11) is -3.58. The molecular formula is C26H23N5O3S. The van der Waals surface area contributed by atoms with Gasteiger partial charge in [0.1, 0.15) is 23.3 Å². The Morgan fingerprint density at radius 1 is 0.943 bits per heavy atom. The fraction of sp³-hybridized carbons (Fsp3) is 0.154. The minimum atomic E-state index is -3.58. The number of aromatic nitrogens is 3. The molecule has 9 heteroatoms. The molecule has 6 rings (SSSR count). The molecule has 1 aliphatic heterocycles. The van der Waals surface area contributed by atoms with Gasteiger partial charge in [-0.25, -0.2) is 18.4 Å². The second-order valence-corrected chi connectivity index (χ2v) is 10.5. The summed E-state index contributed by atoms with van der Waals surface area (Å²) in [6.45, 7) is 0.477. The van der Waals surface area contributed by atoms with E-state index in [1.807, 2.05) is 71.3 Å². The number of rotatable bonds is 5. The molecule has 0 unspecified atom stereocenters. The Kier molecular flexibility index (Phi) is 5.16. The zero-order valence-corrected chi connectivity index (χ0v) is 19.6. The summed E-state index contributed by atoms with van der Waals surface area (Å²) in [4.78, 5) is 9.11. The number of anilines is 1. The van der Waals surface area contributed by atoms with E-state index in [1.165, 1.54) is 10.6 Å². The van der Waals surface area contributed by atoms with Crippen LogP contribution in [0.3, 0.4) is 0 Å². The summed E-state index contributed by atoms with van der Waals surface area (Å²) in [6.07, 6.45) is 8.14. The zero-order valence-electron chi connectivity index (χ0n) is 18.8. The number of sulfonamides is 1. The first kappa shape index (κ1) is 21.6. The first-order chi connectivity index (χ1) is 17.0. The van der Waals surface area contributed by atoms with Crippen LogP contribution in [0.15, 0.2) is 84.1 Å². The molecule has 8 nitrogen and oxygen atoms in total. The highest BCUT2D eigenvalue weighted by atomic mass is 32.2. The molecule has 0 spiro atoms. The van der Waals surface area contributed by atoms with Crippen molar-refractivity contribution in [1.29, 1.82) is 0 Å². The van der Waals surface area contributed by atoms with E-state index in [0.29, 0.717) is 33.9 Å². The van der Waals surface area contributed by atoms with Gasteiger partial charge in [0.15, 0.2) is 5.82 Å². The van der Waals surface area contributed by atoms with Gasteiger partial charge in [-0.2, -0.15) is 4.31 Å². The third kappa shape index (κ3) is 3.69. The monoisotopic (exact) mass is 485 g/mol. The van der Waals surface area contributed by atoms with Gasteiger partial charge < -0.3 is 15.0 Å². The maximum absolute atomic E-state index is 13.4. The Morgan fingerprint density at radius 2 is 1.71 bits per heavy atom. The summed E-state index contributed by atoms with van der Waals surface area (Å²) in [5.41, 5.74) is 10.2. The van der Waals surface area contributed by atoms with Gasteiger partial charge >= 0.3 is 0 Å². The Morgan fingerprint density at radius 3 is 2.46 bits per heavy atom. The molecule has 176 valence electrons. The lowest BCUT2D eigenvalue weighted by molar-refractivity contribution is 0.432. The summed E-state index contributed by atoms with van der Waals surface area (Å²) < 4.78 is 36.1. The molecule has 2 aromatic carbocycles. The maximum atomic E-state index is 13.4. The molecule has 1 aliphatic carbocycles. The summed E-state index contributed by atoms with van der Waals surface area (Å²) in [5.74, 6) is 1.79. The highest BCUT2D eigenvalue weighted by molar-refractivity contribution is 7.93. The van der Waals surface area contributed by atoms with Crippen molar-refractivity contribution in [2.24, 2.45) is 0 Å². The van der Waals surface area contributed by atoms with E-state index in [1.54, 1.807) is 6.08 Å². The van der Waals surface area contributed by atoms with Crippen LogP contribution in [-0.4, -0.2) is 27.3 Å². The molecule has 0 bridgehead atoms. The number of fused-ring (bicyclic) bond motifs is 3. The normalized spacial score (nSPS) is 15.8. The van der Waals surface area contributed by atoms with Crippen LogP contribution in [0, 0.1) is 0 Å². The number of nitrogen functional groups attached to an aromatic ring is 1. The average molecular weight is 486 g/mol. The Balaban J connectivity index is 1.40. The van der Waals surface area contributed by atoms with Gasteiger partial charge in [0.05, 0.1) is 17.0 Å². The van der Waals surface area contributed by atoms with Crippen LogP contribution >= 0.6 is 0 Å². The molecular weight excluding hydrogens is 462 g/mol. The van der Waals surface area contributed by atoms with Crippen LogP contribution in [0.2, 0.25) is 0 Å². The molecule has 35 heavy (non-hydrogen) atoms. The average Bonchev–Trinajstić information content (AvgIpc) is 3.45. The van der Waals surface area contributed by atoms with Crippen molar-refractivity contribution in [3.05, 3.63) is 95.3 Å².